The Morgan fingerprint density at radius 1 is 1.25 bits per heavy atom. The summed E-state index contributed by atoms with van der Waals surface area (Å²) >= 11 is 0. The third kappa shape index (κ3) is 2.43. The van der Waals surface area contributed by atoms with Crippen molar-refractivity contribution in [1.82, 2.24) is 0 Å². The minimum atomic E-state index is -2.85. The van der Waals surface area contributed by atoms with Gasteiger partial charge in [-0.2, -0.15) is 8.42 Å². The molecule has 0 aromatic heterocycles. The van der Waals surface area contributed by atoms with Gasteiger partial charge in [0.2, 0.25) is 0 Å². The molecule has 0 N–H and O–H groups in total. The van der Waals surface area contributed by atoms with Crippen molar-refractivity contribution in [2.45, 2.75) is 0 Å². The van der Waals surface area contributed by atoms with Crippen LogP contribution in [0.5, 0.6) is 11.5 Å². The van der Waals surface area contributed by atoms with Crippen LogP contribution < -0.4 is 8.92 Å². The number of ether oxygens (including phenoxy) is 1. The van der Waals surface area contributed by atoms with Gasteiger partial charge in [0.15, 0.2) is 0 Å². The van der Waals surface area contributed by atoms with Crippen molar-refractivity contribution in [3.63, 3.8) is 0 Å². The second-order valence-electron chi connectivity index (χ2n) is 1.99. The molecule has 0 aliphatic heterocycles. The summed E-state index contributed by atoms with van der Waals surface area (Å²) in [6.07, 6.45) is 0. The summed E-state index contributed by atoms with van der Waals surface area (Å²) in [7, 11) is -1.35. The number of rotatable bonds is 3. The van der Waals surface area contributed by atoms with Gasteiger partial charge in [0.05, 0.1) is 7.11 Å². The first-order valence-electron chi connectivity index (χ1n) is 3.19. The molecule has 0 aliphatic rings. The third-order valence-electron chi connectivity index (χ3n) is 1.22. The van der Waals surface area contributed by atoms with Gasteiger partial charge in [0.25, 0.3) is 11.0 Å². The van der Waals surface area contributed by atoms with Crippen LogP contribution in [-0.2, 0) is 11.0 Å². The lowest BCUT2D eigenvalue weighted by atomic mass is 10.3. The first-order valence-corrected chi connectivity index (χ1v) is 4.28. The fraction of sp³-hybridized carbons (Fsp3) is 0.143. The molecule has 0 saturated carbocycles. The van der Waals surface area contributed by atoms with E-state index >= 15 is 0 Å². The molecule has 5 heteroatoms. The fourth-order valence-corrected chi connectivity index (χ4v) is 1.03. The Balaban J connectivity index is 2.86. The summed E-state index contributed by atoms with van der Waals surface area (Å²) in [5, 5.41) is 0. The van der Waals surface area contributed by atoms with E-state index in [0.29, 0.717) is 5.75 Å². The van der Waals surface area contributed by atoms with Crippen molar-refractivity contribution in [1.29, 1.82) is 0 Å². The molecule has 66 valence electrons. The Bertz CT molecular complexity index is 324. The van der Waals surface area contributed by atoms with E-state index in [1.165, 1.54) is 19.2 Å². The van der Waals surface area contributed by atoms with Crippen LogP contribution in [0.3, 0.4) is 0 Å². The van der Waals surface area contributed by atoms with E-state index in [1.807, 2.05) is 0 Å². The summed E-state index contributed by atoms with van der Waals surface area (Å²) in [6.45, 7) is 0. The van der Waals surface area contributed by atoms with Gasteiger partial charge in [0, 0.05) is 6.07 Å². The number of thiol groups is 1. The highest BCUT2D eigenvalue weighted by atomic mass is 32.2. The summed E-state index contributed by atoms with van der Waals surface area (Å²) < 4.78 is 29.6. The Kier molecular flexibility index (Phi) is 2.93. The Hall–Kier alpha value is -1.23. The van der Waals surface area contributed by atoms with E-state index in [1.54, 1.807) is 12.1 Å². The topological polar surface area (TPSA) is 52.6 Å². The number of hydrogen-bond acceptors (Lipinski definition) is 4. The molecule has 1 aromatic carbocycles. The molecular formula is C7H8O4S. The lowest BCUT2D eigenvalue weighted by Gasteiger charge is -2.00. The van der Waals surface area contributed by atoms with Gasteiger partial charge in [-0.15, -0.1) is 0 Å². The van der Waals surface area contributed by atoms with Crippen LogP contribution in [0.1, 0.15) is 0 Å². The maximum atomic E-state index is 10.1. The molecule has 0 saturated heterocycles. The van der Waals surface area contributed by atoms with Gasteiger partial charge in [-0.25, -0.2) is 0 Å². The Labute approximate surface area is 71.9 Å². The molecular weight excluding hydrogens is 180 g/mol. The highest BCUT2D eigenvalue weighted by molar-refractivity contribution is 7.67. The molecule has 0 heterocycles. The third-order valence-corrected chi connectivity index (χ3v) is 1.58. The average molecular weight is 188 g/mol. The van der Waals surface area contributed by atoms with E-state index < -0.39 is 11.0 Å². The maximum absolute atomic E-state index is 10.1. The summed E-state index contributed by atoms with van der Waals surface area (Å²) in [5.74, 6) is 0.815. The van der Waals surface area contributed by atoms with E-state index in [9.17, 15) is 8.42 Å². The zero-order valence-corrected chi connectivity index (χ0v) is 7.28. The Morgan fingerprint density at radius 2 is 1.92 bits per heavy atom. The predicted molar refractivity (Wildman–Crippen MR) is 43.9 cm³/mol. The fourth-order valence-electron chi connectivity index (χ4n) is 0.744. The highest BCUT2D eigenvalue weighted by Crippen LogP contribution is 2.18. The van der Waals surface area contributed by atoms with E-state index in [0.717, 1.165) is 0 Å². The number of methoxy groups -OCH3 is 1. The van der Waals surface area contributed by atoms with Crippen LogP contribution in [0.15, 0.2) is 24.3 Å². The van der Waals surface area contributed by atoms with E-state index in [4.69, 9.17) is 4.74 Å². The predicted octanol–water partition coefficient (Wildman–Crippen LogP) is 0.600. The van der Waals surface area contributed by atoms with Crippen LogP contribution in [-0.4, -0.2) is 15.5 Å². The average Bonchev–Trinajstić information content (AvgIpc) is 2.03. The molecule has 0 aliphatic carbocycles. The van der Waals surface area contributed by atoms with Crippen molar-refractivity contribution in [2.24, 2.45) is 0 Å². The number of hydrogen-bond donors (Lipinski definition) is 1. The normalized spacial score (nSPS) is 9.83. The minimum absolute atomic E-state index is 0.255. The molecule has 0 spiro atoms. The van der Waals surface area contributed by atoms with Gasteiger partial charge in [-0.3, -0.25) is 0 Å². The molecule has 12 heavy (non-hydrogen) atoms. The zero-order chi connectivity index (χ0) is 8.97. The summed E-state index contributed by atoms with van der Waals surface area (Å²) in [5.41, 5.74) is 0. The molecule has 0 amide bonds. The van der Waals surface area contributed by atoms with Crippen LogP contribution in [0.25, 0.3) is 0 Å². The smallest absolute Gasteiger partial charge is 0.299 e. The highest BCUT2D eigenvalue weighted by Gasteiger charge is 1.95. The quantitative estimate of drug-likeness (QED) is 0.706. The monoisotopic (exact) mass is 188 g/mol. The standard InChI is InChI=1S/C7H8O4S/c1-10-6-3-2-4-7(5-6)11-12(8)9/h2-5,12H,1H3. The van der Waals surface area contributed by atoms with Crippen LogP contribution >= 0.6 is 0 Å². The Morgan fingerprint density at radius 3 is 2.50 bits per heavy atom. The second kappa shape index (κ2) is 3.96. The van der Waals surface area contributed by atoms with Gasteiger partial charge >= 0.3 is 0 Å². The van der Waals surface area contributed by atoms with Crippen molar-refractivity contribution in [3.8, 4) is 11.5 Å². The molecule has 1 aromatic rings. The SMILES string of the molecule is COc1cccc(O[SH](=O)=O)c1. The van der Waals surface area contributed by atoms with Crippen molar-refractivity contribution >= 4 is 11.0 Å². The lowest BCUT2D eigenvalue weighted by molar-refractivity contribution is 0.412. The molecule has 4 nitrogen and oxygen atoms in total. The van der Waals surface area contributed by atoms with Crippen molar-refractivity contribution in [3.05, 3.63) is 24.3 Å². The van der Waals surface area contributed by atoms with E-state index in [-0.39, 0.29) is 5.75 Å². The molecule has 0 atom stereocenters. The van der Waals surface area contributed by atoms with Crippen molar-refractivity contribution < 1.29 is 17.3 Å². The first-order chi connectivity index (χ1) is 5.72. The van der Waals surface area contributed by atoms with Crippen LogP contribution in [0.2, 0.25) is 0 Å². The maximum Gasteiger partial charge on any atom is 0.299 e. The molecule has 0 bridgehead atoms. The number of benzene rings is 1. The van der Waals surface area contributed by atoms with Gasteiger partial charge < -0.3 is 8.92 Å². The molecule has 1 rings (SSSR count). The molecule has 0 unspecified atom stereocenters. The first kappa shape index (κ1) is 8.86. The van der Waals surface area contributed by atoms with Gasteiger partial charge in [0.1, 0.15) is 11.5 Å². The zero-order valence-electron chi connectivity index (χ0n) is 6.39. The van der Waals surface area contributed by atoms with Crippen LogP contribution in [0, 0.1) is 0 Å². The molecule has 0 radical (unpaired) electrons. The largest absolute Gasteiger partial charge is 0.497 e. The summed E-state index contributed by atoms with van der Waals surface area (Å²) in [4.78, 5) is 0. The minimum Gasteiger partial charge on any atom is -0.497 e. The second-order valence-corrected chi connectivity index (χ2v) is 2.62. The van der Waals surface area contributed by atoms with Crippen molar-refractivity contribution in [2.75, 3.05) is 7.11 Å². The van der Waals surface area contributed by atoms with Crippen LogP contribution in [0.4, 0.5) is 0 Å². The van der Waals surface area contributed by atoms with Gasteiger partial charge in [-0.1, -0.05) is 6.07 Å². The molecule has 0 fully saturated rings. The lowest BCUT2D eigenvalue weighted by Crippen LogP contribution is -1.90. The van der Waals surface area contributed by atoms with E-state index in [2.05, 4.69) is 4.18 Å². The van der Waals surface area contributed by atoms with Gasteiger partial charge in [-0.05, 0) is 12.1 Å². The summed E-state index contributed by atoms with van der Waals surface area (Å²) in [6, 6.07) is 6.37.